The van der Waals surface area contributed by atoms with E-state index >= 15 is 0 Å². The second-order valence-electron chi connectivity index (χ2n) is 5.97. The number of aromatic nitrogens is 3. The second kappa shape index (κ2) is 5.17. The molecule has 24 heavy (non-hydrogen) atoms. The third-order valence-corrected chi connectivity index (χ3v) is 4.44. The summed E-state index contributed by atoms with van der Waals surface area (Å²) in [5.41, 5.74) is 5.33. The van der Waals surface area contributed by atoms with Gasteiger partial charge < -0.3 is 4.57 Å². The van der Waals surface area contributed by atoms with Gasteiger partial charge in [-0.25, -0.2) is 9.97 Å². The summed E-state index contributed by atoms with van der Waals surface area (Å²) in [4.78, 5) is 9.75. The zero-order valence-corrected chi connectivity index (χ0v) is 13.1. The van der Waals surface area contributed by atoms with Crippen molar-refractivity contribution in [2.75, 3.05) is 0 Å². The van der Waals surface area contributed by atoms with Crippen LogP contribution in [-0.2, 0) is 6.54 Å². The molecule has 2 aliphatic heterocycles. The Hall–Kier alpha value is -3.20. The van der Waals surface area contributed by atoms with Gasteiger partial charge in [0.15, 0.2) is 5.82 Å². The van der Waals surface area contributed by atoms with Crippen molar-refractivity contribution >= 4 is 21.9 Å². The largest absolute Gasteiger partial charge is 0.318 e. The molecule has 5 rings (SSSR count). The molecule has 2 heterocycles. The van der Waals surface area contributed by atoms with E-state index in [0.717, 1.165) is 40.0 Å². The molecule has 3 heteroatoms. The van der Waals surface area contributed by atoms with Gasteiger partial charge in [0.05, 0.1) is 16.6 Å². The molecule has 0 saturated carbocycles. The minimum atomic E-state index is 0.781. The Labute approximate surface area is 139 Å². The van der Waals surface area contributed by atoms with Gasteiger partial charge in [0.2, 0.25) is 0 Å². The van der Waals surface area contributed by atoms with E-state index < -0.39 is 0 Å². The van der Waals surface area contributed by atoms with Crippen LogP contribution in [0.5, 0.6) is 0 Å². The monoisotopic (exact) mass is 309 g/mol. The third kappa shape index (κ3) is 1.98. The molecule has 0 N–H and O–H groups in total. The van der Waals surface area contributed by atoms with Crippen LogP contribution in [0.25, 0.3) is 33.5 Å². The van der Waals surface area contributed by atoms with Gasteiger partial charge >= 0.3 is 0 Å². The molecule has 3 nitrogen and oxygen atoms in total. The molecule has 0 unspecified atom stereocenters. The lowest BCUT2D eigenvalue weighted by Gasteiger charge is -2.15. The quantitative estimate of drug-likeness (QED) is 0.471. The molecule has 3 aromatic carbocycles. The zero-order valence-electron chi connectivity index (χ0n) is 13.1. The van der Waals surface area contributed by atoms with Crippen molar-refractivity contribution < 1.29 is 0 Å². The van der Waals surface area contributed by atoms with Crippen LogP contribution in [0.15, 0.2) is 78.9 Å². The van der Waals surface area contributed by atoms with Crippen molar-refractivity contribution in [2.45, 2.75) is 6.54 Å². The highest BCUT2D eigenvalue weighted by Gasteiger charge is 2.19. The highest BCUT2D eigenvalue weighted by Crippen LogP contribution is 2.32. The Balaban J connectivity index is 1.86. The fraction of sp³-hybridized carbons (Fsp3) is 0.0476. The minimum absolute atomic E-state index is 0.781. The first kappa shape index (κ1) is 13.3. The number of fused-ring (bicyclic) bond motifs is 4. The highest BCUT2D eigenvalue weighted by molar-refractivity contribution is 5.97. The molecule has 0 fully saturated rings. The number of para-hydroxylation sites is 3. The van der Waals surface area contributed by atoms with Gasteiger partial charge in [0.1, 0.15) is 5.69 Å². The number of nitrogens with zero attached hydrogens (tertiary/aromatic N) is 3. The standard InChI is InChI=1S/C21H15N3/c1-2-8-15(9-3-1)14-24-19-13-7-6-12-18(19)22-20-16-10-4-5-11-17(16)23-21(20)24/h1-13H,14H2. The maximum absolute atomic E-state index is 4.88. The van der Waals surface area contributed by atoms with Gasteiger partial charge in [-0.15, -0.1) is 0 Å². The first-order chi connectivity index (χ1) is 11.9. The molecule has 2 aliphatic rings. The minimum Gasteiger partial charge on any atom is -0.318 e. The van der Waals surface area contributed by atoms with Crippen LogP contribution in [0.3, 0.4) is 0 Å². The summed E-state index contributed by atoms with van der Waals surface area (Å²) in [5.74, 6) is 0.943. The molecule has 0 aliphatic carbocycles. The molecule has 0 amide bonds. The van der Waals surface area contributed by atoms with Crippen LogP contribution in [0, 0.1) is 0 Å². The number of rotatable bonds is 2. The highest BCUT2D eigenvalue weighted by atomic mass is 15.1. The molecule has 0 atom stereocenters. The lowest BCUT2D eigenvalue weighted by Crippen LogP contribution is -2.08. The maximum Gasteiger partial charge on any atom is 0.160 e. The van der Waals surface area contributed by atoms with Crippen molar-refractivity contribution in [1.29, 1.82) is 0 Å². The topological polar surface area (TPSA) is 30.7 Å². The Morgan fingerprint density at radius 1 is 0.667 bits per heavy atom. The lowest BCUT2D eigenvalue weighted by atomic mass is 10.1. The summed E-state index contributed by atoms with van der Waals surface area (Å²) in [7, 11) is 0. The van der Waals surface area contributed by atoms with E-state index in [-0.39, 0.29) is 0 Å². The van der Waals surface area contributed by atoms with Crippen LogP contribution >= 0.6 is 0 Å². The Bertz CT molecular complexity index is 1130. The first-order valence-electron chi connectivity index (χ1n) is 8.08. The average molecular weight is 309 g/mol. The summed E-state index contributed by atoms with van der Waals surface area (Å²) >= 11 is 0. The van der Waals surface area contributed by atoms with Gasteiger partial charge in [-0.2, -0.15) is 0 Å². The summed E-state index contributed by atoms with van der Waals surface area (Å²) < 4.78 is 2.27. The molecule has 3 aromatic rings. The average Bonchev–Trinajstić information content (AvgIpc) is 3.01. The van der Waals surface area contributed by atoms with Crippen molar-refractivity contribution in [2.24, 2.45) is 0 Å². The fourth-order valence-electron chi connectivity index (χ4n) is 3.30. The molecule has 114 valence electrons. The van der Waals surface area contributed by atoms with Crippen molar-refractivity contribution in [3.8, 4) is 11.5 Å². The Morgan fingerprint density at radius 3 is 2.25 bits per heavy atom. The van der Waals surface area contributed by atoms with E-state index in [1.165, 1.54) is 5.56 Å². The molecule has 0 aromatic heterocycles. The summed E-state index contributed by atoms with van der Waals surface area (Å²) in [5, 5.41) is 1.11. The molecular weight excluding hydrogens is 294 g/mol. The normalized spacial score (nSPS) is 11.5. The lowest BCUT2D eigenvalue weighted by molar-refractivity contribution is 0.815. The van der Waals surface area contributed by atoms with E-state index in [9.17, 15) is 0 Å². The van der Waals surface area contributed by atoms with Gasteiger partial charge in [-0.1, -0.05) is 60.7 Å². The van der Waals surface area contributed by atoms with E-state index in [0.29, 0.717) is 0 Å². The van der Waals surface area contributed by atoms with Crippen LogP contribution in [0.4, 0.5) is 0 Å². The van der Waals surface area contributed by atoms with E-state index in [4.69, 9.17) is 9.97 Å². The predicted molar refractivity (Wildman–Crippen MR) is 97.2 cm³/mol. The van der Waals surface area contributed by atoms with Crippen LogP contribution in [0.2, 0.25) is 0 Å². The zero-order chi connectivity index (χ0) is 15.9. The van der Waals surface area contributed by atoms with Gasteiger partial charge in [0, 0.05) is 11.9 Å². The summed E-state index contributed by atoms with van der Waals surface area (Å²) in [6.45, 7) is 0.781. The van der Waals surface area contributed by atoms with E-state index in [1.54, 1.807) is 0 Å². The van der Waals surface area contributed by atoms with Gasteiger partial charge in [-0.05, 0) is 23.8 Å². The first-order valence-corrected chi connectivity index (χ1v) is 8.08. The second-order valence-corrected chi connectivity index (χ2v) is 5.97. The summed E-state index contributed by atoms with van der Waals surface area (Å²) in [6.07, 6.45) is 0. The van der Waals surface area contributed by atoms with E-state index in [1.807, 2.05) is 24.3 Å². The molecular formula is C21H15N3. The van der Waals surface area contributed by atoms with Crippen molar-refractivity contribution in [3.05, 3.63) is 84.4 Å². The fourth-order valence-corrected chi connectivity index (χ4v) is 3.30. The van der Waals surface area contributed by atoms with Crippen LogP contribution in [0.1, 0.15) is 5.56 Å². The number of hydrogen-bond donors (Lipinski definition) is 0. The maximum atomic E-state index is 4.88. The predicted octanol–water partition coefficient (Wildman–Crippen LogP) is 4.74. The third-order valence-electron chi connectivity index (χ3n) is 4.44. The molecule has 0 spiro atoms. The van der Waals surface area contributed by atoms with Gasteiger partial charge in [-0.3, -0.25) is 0 Å². The molecule has 0 saturated heterocycles. The van der Waals surface area contributed by atoms with Crippen LogP contribution in [-0.4, -0.2) is 14.5 Å². The number of benzene rings is 3. The van der Waals surface area contributed by atoms with Crippen LogP contribution < -0.4 is 0 Å². The van der Waals surface area contributed by atoms with E-state index in [2.05, 4.69) is 59.2 Å². The summed E-state index contributed by atoms with van der Waals surface area (Å²) in [6, 6.07) is 27.0. The van der Waals surface area contributed by atoms with Crippen molar-refractivity contribution in [1.82, 2.24) is 14.5 Å². The smallest absolute Gasteiger partial charge is 0.160 e. The Morgan fingerprint density at radius 2 is 1.38 bits per heavy atom. The van der Waals surface area contributed by atoms with Crippen molar-refractivity contribution in [3.63, 3.8) is 0 Å². The molecule has 0 bridgehead atoms. The Kier molecular flexibility index (Phi) is 2.85. The number of hydrogen-bond acceptors (Lipinski definition) is 2. The molecule has 0 radical (unpaired) electrons. The SMILES string of the molecule is c1ccc(Cn2c3nc4ccccc4c-3nc3ccccc32)cc1. The van der Waals surface area contributed by atoms with Gasteiger partial charge in [0.25, 0.3) is 0 Å².